The van der Waals surface area contributed by atoms with E-state index < -0.39 is 30.6 Å². The van der Waals surface area contributed by atoms with Gasteiger partial charge >= 0.3 is 155 Å². The van der Waals surface area contributed by atoms with E-state index in [1.165, 1.54) is 44.8 Å². The monoisotopic (exact) mass is 1450 g/mol. The third-order valence-corrected chi connectivity index (χ3v) is 16.4. The molecule has 13 heteroatoms. The fourth-order valence-electron chi connectivity index (χ4n) is 6.60. The number of ether oxygens (including phenoxy) is 2. The van der Waals surface area contributed by atoms with E-state index >= 15 is 0 Å². The summed E-state index contributed by atoms with van der Waals surface area (Å²) in [6, 6.07) is 15.9. The Morgan fingerprint density at radius 3 is 1.02 bits per heavy atom. The van der Waals surface area contributed by atoms with Crippen LogP contribution in [0.3, 0.4) is 0 Å². The van der Waals surface area contributed by atoms with E-state index in [0.29, 0.717) is 18.0 Å². The van der Waals surface area contributed by atoms with Gasteiger partial charge in [0.2, 0.25) is 0 Å². The quantitative estimate of drug-likeness (QED) is 0.117. The Labute approximate surface area is 589 Å². The number of anilines is 2. The summed E-state index contributed by atoms with van der Waals surface area (Å²) in [6.45, 7) is 100. The van der Waals surface area contributed by atoms with Gasteiger partial charge in [-0.1, -0.05) is 298 Å². The molecule has 1 heterocycles. The topological polar surface area (TPSA) is 61.9 Å². The zero-order chi connectivity index (χ0) is 77.0. The maximum absolute atomic E-state index is 5.99. The van der Waals surface area contributed by atoms with E-state index in [9.17, 15) is 0 Å². The Balaban J connectivity index is -0.0000000522. The van der Waals surface area contributed by atoms with Gasteiger partial charge in [-0.05, 0) is 70.3 Å². The van der Waals surface area contributed by atoms with Gasteiger partial charge in [0, 0.05) is 44.2 Å². The molecule has 0 aromatic heterocycles. The van der Waals surface area contributed by atoms with Gasteiger partial charge in [-0.15, -0.1) is 0 Å². The Bertz CT molecular complexity index is 1650. The van der Waals surface area contributed by atoms with Crippen LogP contribution in [0.5, 0.6) is 11.5 Å². The molecule has 558 valence electrons. The van der Waals surface area contributed by atoms with Crippen molar-refractivity contribution in [3.63, 3.8) is 0 Å². The normalized spacial score (nSPS) is 9.99. The van der Waals surface area contributed by atoms with Crippen LogP contribution < -0.4 is 19.3 Å². The molecule has 90 heavy (non-hydrogen) atoms. The second-order valence-corrected chi connectivity index (χ2v) is 26.7. The van der Waals surface area contributed by atoms with E-state index in [1.807, 2.05) is 306 Å². The molecule has 1 aliphatic rings. The molecule has 1 fully saturated rings. The van der Waals surface area contributed by atoms with Crippen molar-refractivity contribution >= 4 is 52.5 Å². The van der Waals surface area contributed by atoms with Crippen molar-refractivity contribution < 1.29 is 40.7 Å². The number of nitrogens with zero attached hydrogens (tertiary/aromatic N) is 2. The van der Waals surface area contributed by atoms with Crippen molar-refractivity contribution in [1.82, 2.24) is 0 Å². The van der Waals surface area contributed by atoms with Crippen LogP contribution in [0, 0.1) is 48.2 Å². The molecule has 1 unspecified atom stereocenters. The number of benzene rings is 3. The molecule has 0 spiro atoms. The Morgan fingerprint density at radius 1 is 0.467 bits per heavy atom. The predicted molar refractivity (Wildman–Crippen MR) is 435 cm³/mol. The van der Waals surface area contributed by atoms with E-state index in [1.54, 1.807) is 28.4 Å². The van der Waals surface area contributed by atoms with Gasteiger partial charge in [0.15, 0.2) is 0 Å². The SMILES string of the molecule is CC.CC.CC.CC.CC.CC.CC.CC.CC.CC.CC.CC.CC.CC.CC.CC.CC.CC.CC.CO[Si](C)(CC1CN(c2c(C)cc(C)cc2C)[CH-]N1c1c(C)cc(C)cc1C)OC.CO[Si](C)(COc1ccc(OC(C)C)c([CH]=[Ru]([Cl])[Cl])c1)OC. The van der Waals surface area contributed by atoms with Crippen molar-refractivity contribution in [2.24, 2.45) is 0 Å². The van der Waals surface area contributed by atoms with Crippen LogP contribution in [0.4, 0.5) is 11.4 Å². The summed E-state index contributed by atoms with van der Waals surface area (Å²) < 4.78 is 36.0. The number of aryl methyl sites for hydroxylation is 6. The zero-order valence-corrected chi connectivity index (χ0v) is 76.7. The molecular formula is C77H173Cl2N2O6RuSi2-. The second kappa shape index (κ2) is 112. The zero-order valence-electron chi connectivity index (χ0n) is 71.4. The Kier molecular flexibility index (Phi) is 164. The first kappa shape index (κ1) is 132. The van der Waals surface area contributed by atoms with Gasteiger partial charge in [-0.3, -0.25) is 0 Å². The van der Waals surface area contributed by atoms with E-state index in [2.05, 4.69) is 88.8 Å². The van der Waals surface area contributed by atoms with Crippen LogP contribution in [0.25, 0.3) is 0 Å². The van der Waals surface area contributed by atoms with Crippen molar-refractivity contribution in [2.45, 2.75) is 350 Å². The predicted octanol–water partition coefficient (Wildman–Crippen LogP) is 29.0. The molecule has 0 amide bonds. The summed E-state index contributed by atoms with van der Waals surface area (Å²) in [5.74, 6) is 1.46. The maximum atomic E-state index is 5.99. The summed E-state index contributed by atoms with van der Waals surface area (Å²) in [4.78, 5) is 4.89. The fourth-order valence-corrected chi connectivity index (χ4v) is 10.9. The summed E-state index contributed by atoms with van der Waals surface area (Å²) in [5, 5.41) is 0. The Morgan fingerprint density at radius 2 is 0.756 bits per heavy atom. The van der Waals surface area contributed by atoms with E-state index in [4.69, 9.17) is 46.6 Å². The van der Waals surface area contributed by atoms with Crippen molar-refractivity contribution in [2.75, 3.05) is 51.0 Å². The van der Waals surface area contributed by atoms with Gasteiger partial charge in [0.25, 0.3) is 0 Å². The van der Waals surface area contributed by atoms with Crippen molar-refractivity contribution in [1.29, 1.82) is 0 Å². The Hall–Kier alpha value is -1.79. The molecule has 3 aromatic carbocycles. The molecule has 0 saturated carbocycles. The average Bonchev–Trinajstić information content (AvgIpc) is 1.93. The summed E-state index contributed by atoms with van der Waals surface area (Å²) >= 11 is -1.95. The van der Waals surface area contributed by atoms with Crippen LogP contribution in [0.2, 0.25) is 19.1 Å². The van der Waals surface area contributed by atoms with E-state index in [0.717, 1.165) is 23.9 Å². The van der Waals surface area contributed by atoms with Crippen molar-refractivity contribution in [3.8, 4) is 11.5 Å². The van der Waals surface area contributed by atoms with Crippen LogP contribution >= 0.6 is 19.4 Å². The molecule has 0 aliphatic carbocycles. The molecule has 8 nitrogen and oxygen atoms in total. The summed E-state index contributed by atoms with van der Waals surface area (Å²) in [6.07, 6.45) is 0.468. The first-order chi connectivity index (χ1) is 43.4. The summed E-state index contributed by atoms with van der Waals surface area (Å²) in [5.41, 5.74) is 11.4. The molecule has 4 rings (SSSR count). The number of rotatable bonds is 14. The molecule has 3 aromatic rings. The van der Waals surface area contributed by atoms with Gasteiger partial charge < -0.3 is 18.7 Å². The summed E-state index contributed by atoms with van der Waals surface area (Å²) in [7, 11) is 14.3. The first-order valence-corrected chi connectivity index (χ1v) is 46.9. The molecule has 1 atom stereocenters. The molecule has 1 aliphatic heterocycles. The standard InChI is InChI=1S/C25H37N2O2Si.C14H22O4Si.19C2H6.2ClH.Ru/c1-17-10-19(3)24(20(4)11-17)26-14-23(15-30(9,28-7)29-8)27(16-26)25-21(5)12-18(2)13-22(25)6;1-11(2)18-14-8-7-13(9-12(14)3)17-10-19(6,15-4)16-5;19*1-2;;;/h10-13,16,23H,14-15H2,1-9H3;3,7-9,11H,10H2,1-2,4-6H3;19*1-2H3;2*1H;/q-1;;;;;;;;;;;;;;;;;;;;;;;+2/p-2. The van der Waals surface area contributed by atoms with E-state index in [-0.39, 0.29) is 6.10 Å². The molecule has 0 radical (unpaired) electrons. The van der Waals surface area contributed by atoms with Gasteiger partial charge in [-0.25, -0.2) is 0 Å². The number of halogens is 2. The van der Waals surface area contributed by atoms with Crippen LogP contribution in [-0.2, 0) is 31.2 Å². The number of hydrogen-bond acceptors (Lipinski definition) is 8. The second-order valence-electron chi connectivity index (χ2n) is 14.1. The number of hydrogen-bond donors (Lipinski definition) is 0. The molecule has 0 bridgehead atoms. The van der Waals surface area contributed by atoms with Gasteiger partial charge in [-0.2, -0.15) is 6.67 Å². The van der Waals surface area contributed by atoms with Crippen LogP contribution in [0.15, 0.2) is 42.5 Å². The van der Waals surface area contributed by atoms with Gasteiger partial charge in [0.05, 0.1) is 0 Å². The minimum atomic E-state index is -2.28. The van der Waals surface area contributed by atoms with Crippen molar-refractivity contribution in [3.05, 3.63) is 88.1 Å². The molecule has 1 saturated heterocycles. The van der Waals surface area contributed by atoms with Crippen LogP contribution in [0.1, 0.15) is 316 Å². The fraction of sp³-hybridized carbons (Fsp3) is 0.740. The first-order valence-electron chi connectivity index (χ1n) is 36.4. The minimum absolute atomic E-state index is 0.0721. The molecular weight excluding hydrogens is 1280 g/mol. The van der Waals surface area contributed by atoms with Crippen LogP contribution in [-0.4, -0.2) is 75.1 Å². The third-order valence-electron chi connectivity index (χ3n) is 9.25. The average molecular weight is 1450 g/mol. The molecule has 0 N–H and O–H groups in total. The third kappa shape index (κ3) is 70.5. The van der Waals surface area contributed by atoms with Gasteiger partial charge in [0.1, 0.15) is 0 Å².